The Morgan fingerprint density at radius 3 is 2.50 bits per heavy atom. The molecule has 0 saturated heterocycles. The summed E-state index contributed by atoms with van der Waals surface area (Å²) in [4.78, 5) is 0. The van der Waals surface area contributed by atoms with E-state index in [4.69, 9.17) is 0 Å². The van der Waals surface area contributed by atoms with Crippen molar-refractivity contribution < 1.29 is 5.11 Å². The van der Waals surface area contributed by atoms with Gasteiger partial charge in [0.25, 0.3) is 0 Å². The van der Waals surface area contributed by atoms with Crippen LogP contribution >= 0.6 is 0 Å². The molecular weight excluding hydrogens is 246 g/mol. The van der Waals surface area contributed by atoms with Gasteiger partial charge in [-0.15, -0.1) is 0 Å². The van der Waals surface area contributed by atoms with Crippen molar-refractivity contribution in [3.63, 3.8) is 0 Å². The molecule has 106 valence electrons. The van der Waals surface area contributed by atoms with Gasteiger partial charge in [-0.1, -0.05) is 29.8 Å². The third kappa shape index (κ3) is 3.13. The molecule has 2 nitrogen and oxygen atoms in total. The van der Waals surface area contributed by atoms with Crippen molar-refractivity contribution in [1.82, 2.24) is 0 Å². The molecule has 0 atom stereocenters. The van der Waals surface area contributed by atoms with Gasteiger partial charge < -0.3 is 10.4 Å². The monoisotopic (exact) mass is 269 g/mol. The molecular formula is C18H23NO. The van der Waals surface area contributed by atoms with E-state index >= 15 is 0 Å². The van der Waals surface area contributed by atoms with Gasteiger partial charge in [0.05, 0.1) is 6.10 Å². The lowest BCUT2D eigenvalue weighted by Gasteiger charge is -2.25. The first kappa shape index (κ1) is 13.4. The first-order valence-corrected chi connectivity index (χ1v) is 7.63. The number of aliphatic hydroxyl groups is 1. The third-order valence-corrected chi connectivity index (χ3v) is 4.41. The maximum atomic E-state index is 9.53. The van der Waals surface area contributed by atoms with E-state index in [1.165, 1.54) is 22.0 Å². The highest BCUT2D eigenvalue weighted by molar-refractivity contribution is 5.86. The highest BCUT2D eigenvalue weighted by Crippen LogP contribution is 2.25. The molecule has 1 aliphatic carbocycles. The molecule has 2 heteroatoms. The quantitative estimate of drug-likeness (QED) is 0.878. The number of benzene rings is 2. The Balaban J connectivity index is 1.64. The smallest absolute Gasteiger partial charge is 0.0540 e. The predicted octanol–water partition coefficient (Wildman–Crippen LogP) is 4.11. The highest BCUT2D eigenvalue weighted by Gasteiger charge is 2.18. The zero-order valence-corrected chi connectivity index (χ0v) is 12.1. The van der Waals surface area contributed by atoms with Crippen molar-refractivity contribution >= 4 is 16.5 Å². The topological polar surface area (TPSA) is 32.3 Å². The minimum absolute atomic E-state index is 0.0600. The molecule has 2 aromatic carbocycles. The summed E-state index contributed by atoms with van der Waals surface area (Å²) >= 11 is 0. The van der Waals surface area contributed by atoms with Crippen LogP contribution in [0.15, 0.2) is 36.4 Å². The van der Waals surface area contributed by atoms with Gasteiger partial charge in [0.15, 0.2) is 0 Å². The zero-order valence-electron chi connectivity index (χ0n) is 12.1. The van der Waals surface area contributed by atoms with Gasteiger partial charge in [0, 0.05) is 12.2 Å². The lowest BCUT2D eigenvalue weighted by atomic mass is 9.87. The predicted molar refractivity (Wildman–Crippen MR) is 85.1 cm³/mol. The summed E-state index contributed by atoms with van der Waals surface area (Å²) < 4.78 is 0. The van der Waals surface area contributed by atoms with Crippen LogP contribution in [0, 0.1) is 12.8 Å². The Hall–Kier alpha value is -1.54. The molecule has 1 saturated carbocycles. The van der Waals surface area contributed by atoms with E-state index in [1.807, 2.05) is 0 Å². The first-order valence-electron chi connectivity index (χ1n) is 7.63. The molecule has 0 amide bonds. The van der Waals surface area contributed by atoms with Crippen LogP contribution < -0.4 is 5.32 Å². The fourth-order valence-electron chi connectivity index (χ4n) is 3.09. The molecule has 0 bridgehead atoms. The summed E-state index contributed by atoms with van der Waals surface area (Å²) in [5, 5.41) is 15.7. The number of fused-ring (bicyclic) bond motifs is 1. The number of hydrogen-bond donors (Lipinski definition) is 2. The van der Waals surface area contributed by atoms with Crippen molar-refractivity contribution in [3.05, 3.63) is 42.0 Å². The number of aryl methyl sites for hydroxylation is 1. The SMILES string of the molecule is Cc1ccc2cc(NCC3CCC(O)CC3)ccc2c1. The normalized spacial score (nSPS) is 22.9. The van der Waals surface area contributed by atoms with Crippen LogP contribution in [0.1, 0.15) is 31.2 Å². The van der Waals surface area contributed by atoms with Crippen molar-refractivity contribution in [2.75, 3.05) is 11.9 Å². The summed E-state index contributed by atoms with van der Waals surface area (Å²) in [5.41, 5.74) is 2.51. The molecule has 1 fully saturated rings. The number of anilines is 1. The molecule has 0 aromatic heterocycles. The largest absolute Gasteiger partial charge is 0.393 e. The van der Waals surface area contributed by atoms with Gasteiger partial charge in [0.2, 0.25) is 0 Å². The van der Waals surface area contributed by atoms with Crippen LogP contribution in [0.2, 0.25) is 0 Å². The lowest BCUT2D eigenvalue weighted by Crippen LogP contribution is -2.23. The molecule has 3 rings (SSSR count). The minimum Gasteiger partial charge on any atom is -0.393 e. The van der Waals surface area contributed by atoms with Gasteiger partial charge in [-0.2, -0.15) is 0 Å². The van der Waals surface area contributed by atoms with Gasteiger partial charge >= 0.3 is 0 Å². The molecule has 1 aliphatic rings. The molecule has 0 spiro atoms. The second-order valence-corrected chi connectivity index (χ2v) is 6.12. The highest BCUT2D eigenvalue weighted by atomic mass is 16.3. The second kappa shape index (κ2) is 5.84. The molecule has 0 heterocycles. The van der Waals surface area contributed by atoms with E-state index in [0.29, 0.717) is 5.92 Å². The Morgan fingerprint density at radius 2 is 1.70 bits per heavy atom. The average molecular weight is 269 g/mol. The summed E-state index contributed by atoms with van der Waals surface area (Å²) in [5.74, 6) is 0.701. The van der Waals surface area contributed by atoms with E-state index in [1.54, 1.807) is 0 Å². The van der Waals surface area contributed by atoms with Crippen LogP contribution in [0.4, 0.5) is 5.69 Å². The van der Waals surface area contributed by atoms with Gasteiger partial charge in [-0.3, -0.25) is 0 Å². The number of aliphatic hydroxyl groups excluding tert-OH is 1. The van der Waals surface area contributed by atoms with Gasteiger partial charge in [0.1, 0.15) is 0 Å². The van der Waals surface area contributed by atoms with Crippen LogP contribution in [0.3, 0.4) is 0 Å². The summed E-state index contributed by atoms with van der Waals surface area (Å²) in [6, 6.07) is 13.2. The molecule has 0 radical (unpaired) electrons. The van der Waals surface area contributed by atoms with Crippen molar-refractivity contribution in [1.29, 1.82) is 0 Å². The lowest BCUT2D eigenvalue weighted by molar-refractivity contribution is 0.111. The zero-order chi connectivity index (χ0) is 13.9. The summed E-state index contributed by atoms with van der Waals surface area (Å²) in [7, 11) is 0. The minimum atomic E-state index is -0.0600. The van der Waals surface area contributed by atoms with E-state index in [2.05, 4.69) is 48.6 Å². The van der Waals surface area contributed by atoms with Gasteiger partial charge in [-0.05, 0) is 61.4 Å². The standard InChI is InChI=1S/C18H23NO/c1-13-2-5-16-11-17(7-6-15(16)10-13)19-12-14-3-8-18(20)9-4-14/h2,5-7,10-11,14,18-20H,3-4,8-9,12H2,1H3. The Labute approximate surface area is 120 Å². The van der Waals surface area contributed by atoms with Crippen LogP contribution in [-0.2, 0) is 0 Å². The average Bonchev–Trinajstić information content (AvgIpc) is 2.46. The summed E-state index contributed by atoms with van der Waals surface area (Å²) in [6.07, 6.45) is 4.14. The Kier molecular flexibility index (Phi) is 3.93. The number of hydrogen-bond acceptors (Lipinski definition) is 2. The molecule has 2 N–H and O–H groups in total. The molecule has 2 aromatic rings. The first-order chi connectivity index (χ1) is 9.70. The fraction of sp³-hybridized carbons (Fsp3) is 0.444. The number of nitrogens with one attached hydrogen (secondary N) is 1. The van der Waals surface area contributed by atoms with Crippen molar-refractivity contribution in [2.45, 2.75) is 38.7 Å². The Morgan fingerprint density at radius 1 is 1.00 bits per heavy atom. The fourth-order valence-corrected chi connectivity index (χ4v) is 3.09. The molecule has 0 aliphatic heterocycles. The summed E-state index contributed by atoms with van der Waals surface area (Å²) in [6.45, 7) is 3.15. The maximum absolute atomic E-state index is 9.53. The van der Waals surface area contributed by atoms with E-state index in [-0.39, 0.29) is 6.10 Å². The third-order valence-electron chi connectivity index (χ3n) is 4.41. The van der Waals surface area contributed by atoms with E-state index in [9.17, 15) is 5.11 Å². The number of rotatable bonds is 3. The van der Waals surface area contributed by atoms with Crippen molar-refractivity contribution in [2.24, 2.45) is 5.92 Å². The van der Waals surface area contributed by atoms with Crippen LogP contribution in [0.5, 0.6) is 0 Å². The molecule has 20 heavy (non-hydrogen) atoms. The Bertz CT molecular complexity index is 585. The van der Waals surface area contributed by atoms with Crippen LogP contribution in [0.25, 0.3) is 10.8 Å². The van der Waals surface area contributed by atoms with Crippen LogP contribution in [-0.4, -0.2) is 17.8 Å². The maximum Gasteiger partial charge on any atom is 0.0540 e. The van der Waals surface area contributed by atoms with E-state index < -0.39 is 0 Å². The molecule has 0 unspecified atom stereocenters. The van der Waals surface area contributed by atoms with E-state index in [0.717, 1.165) is 32.2 Å². The van der Waals surface area contributed by atoms with Crippen molar-refractivity contribution in [3.8, 4) is 0 Å². The second-order valence-electron chi connectivity index (χ2n) is 6.12. The van der Waals surface area contributed by atoms with Gasteiger partial charge in [-0.25, -0.2) is 0 Å².